The predicted octanol–water partition coefficient (Wildman–Crippen LogP) is 1.57. The molecule has 0 aromatic heterocycles. The largest absolute Gasteiger partial charge is 0.466 e. The first-order valence-corrected chi connectivity index (χ1v) is 5.93. The second-order valence-corrected chi connectivity index (χ2v) is 4.53. The molecule has 2 rings (SSSR count). The molecule has 1 aliphatic heterocycles. The lowest BCUT2D eigenvalue weighted by Crippen LogP contribution is -2.58. The number of carbonyl (C=O) groups is 2. The number of rotatable bonds is 2. The van der Waals surface area contributed by atoms with Crippen LogP contribution in [0.15, 0.2) is 18.2 Å². The van der Waals surface area contributed by atoms with Gasteiger partial charge in [-0.05, 0) is 32.0 Å². The number of fused-ring (bicyclic) bond motifs is 1. The summed E-state index contributed by atoms with van der Waals surface area (Å²) < 4.78 is 5.52. The highest BCUT2D eigenvalue weighted by Crippen LogP contribution is 2.35. The molecule has 2 N–H and O–H groups in total. The Balaban J connectivity index is 2.36. The zero-order valence-electron chi connectivity index (χ0n) is 10.0. The van der Waals surface area contributed by atoms with E-state index in [0.29, 0.717) is 23.0 Å². The van der Waals surface area contributed by atoms with E-state index in [9.17, 15) is 9.59 Å². The van der Waals surface area contributed by atoms with Crippen LogP contribution in [0.25, 0.3) is 0 Å². The van der Waals surface area contributed by atoms with Gasteiger partial charge < -0.3 is 15.4 Å². The maximum atomic E-state index is 12.0. The fourth-order valence-electron chi connectivity index (χ4n) is 1.68. The number of amides is 2. The third-order valence-electron chi connectivity index (χ3n) is 2.71. The van der Waals surface area contributed by atoms with Crippen LogP contribution in [0.4, 0.5) is 5.69 Å². The number of benzene rings is 1. The van der Waals surface area contributed by atoms with Gasteiger partial charge in [-0.25, -0.2) is 0 Å². The van der Waals surface area contributed by atoms with E-state index in [2.05, 4.69) is 10.6 Å². The van der Waals surface area contributed by atoms with Crippen LogP contribution < -0.4 is 15.4 Å². The van der Waals surface area contributed by atoms with Gasteiger partial charge in [0.05, 0.1) is 5.69 Å². The average molecular weight is 269 g/mol. The summed E-state index contributed by atoms with van der Waals surface area (Å²) in [6.45, 7) is 3.64. The quantitative estimate of drug-likeness (QED) is 0.800. The summed E-state index contributed by atoms with van der Waals surface area (Å²) in [7, 11) is 0. The van der Waals surface area contributed by atoms with Crippen LogP contribution in [-0.4, -0.2) is 24.0 Å². The van der Waals surface area contributed by atoms with E-state index in [-0.39, 0.29) is 0 Å². The summed E-state index contributed by atoms with van der Waals surface area (Å²) in [4.78, 5) is 23.9. The summed E-state index contributed by atoms with van der Waals surface area (Å²) in [5.41, 5.74) is -1.09. The van der Waals surface area contributed by atoms with E-state index in [1.807, 2.05) is 0 Å². The van der Waals surface area contributed by atoms with Crippen molar-refractivity contribution in [1.82, 2.24) is 5.32 Å². The number of halogens is 1. The fraction of sp³-hybridized carbons (Fsp3) is 0.333. The number of anilines is 1. The number of nitrogens with one attached hydrogen (secondary N) is 2. The number of hydrogen-bond acceptors (Lipinski definition) is 3. The summed E-state index contributed by atoms with van der Waals surface area (Å²) in [6.07, 6.45) is 0. The zero-order valence-corrected chi connectivity index (χ0v) is 10.8. The highest BCUT2D eigenvalue weighted by molar-refractivity contribution is 6.31. The Morgan fingerprint density at radius 3 is 2.94 bits per heavy atom. The first kappa shape index (κ1) is 12.7. The van der Waals surface area contributed by atoms with Crippen LogP contribution in [-0.2, 0) is 9.59 Å². The number of carbonyl (C=O) groups excluding carboxylic acids is 2. The molecule has 1 aliphatic rings. The van der Waals surface area contributed by atoms with Gasteiger partial charge in [-0.3, -0.25) is 9.59 Å². The summed E-state index contributed by atoms with van der Waals surface area (Å²) in [5, 5.41) is 5.68. The lowest BCUT2D eigenvalue weighted by atomic mass is 10.0. The van der Waals surface area contributed by atoms with E-state index in [4.69, 9.17) is 16.3 Å². The van der Waals surface area contributed by atoms with E-state index in [1.165, 1.54) is 6.92 Å². The Bertz CT molecular complexity index is 518. The highest BCUT2D eigenvalue weighted by atomic mass is 35.5. The molecule has 6 heteroatoms. The van der Waals surface area contributed by atoms with Crippen LogP contribution in [0.3, 0.4) is 0 Å². The topological polar surface area (TPSA) is 67.4 Å². The standard InChI is InChI=1S/C12H13ClN2O3/c1-3-14-10(16)12(2)11(17)15-8-6-7(13)4-5-9(8)18-12/h4-6H,3H2,1-2H3,(H,14,16)(H,15,17). The molecule has 0 saturated carbocycles. The summed E-state index contributed by atoms with van der Waals surface area (Å²) in [6, 6.07) is 4.83. The number of likely N-dealkylation sites (N-methyl/N-ethyl adjacent to an activating group) is 1. The average Bonchev–Trinajstić information content (AvgIpc) is 2.31. The van der Waals surface area contributed by atoms with Crippen LogP contribution >= 0.6 is 11.6 Å². The second kappa shape index (κ2) is 4.49. The molecule has 1 aromatic rings. The molecule has 1 atom stereocenters. The van der Waals surface area contributed by atoms with Gasteiger partial charge in [-0.2, -0.15) is 0 Å². The van der Waals surface area contributed by atoms with Gasteiger partial charge in [-0.15, -0.1) is 0 Å². The molecule has 0 saturated heterocycles. The van der Waals surface area contributed by atoms with Crippen molar-refractivity contribution in [1.29, 1.82) is 0 Å². The van der Waals surface area contributed by atoms with E-state index < -0.39 is 17.4 Å². The van der Waals surface area contributed by atoms with Crippen molar-refractivity contribution in [3.8, 4) is 5.75 Å². The van der Waals surface area contributed by atoms with E-state index >= 15 is 0 Å². The number of ether oxygens (including phenoxy) is 1. The Kier molecular flexibility index (Phi) is 3.17. The summed E-state index contributed by atoms with van der Waals surface area (Å²) in [5.74, 6) is -0.556. The molecule has 0 spiro atoms. The van der Waals surface area contributed by atoms with Crippen molar-refractivity contribution in [2.24, 2.45) is 0 Å². The SMILES string of the molecule is CCNC(=O)C1(C)Oc2ccc(Cl)cc2NC1=O. The van der Waals surface area contributed by atoms with Crippen molar-refractivity contribution in [3.05, 3.63) is 23.2 Å². The molecule has 18 heavy (non-hydrogen) atoms. The van der Waals surface area contributed by atoms with Crippen LogP contribution in [0.1, 0.15) is 13.8 Å². The molecular formula is C12H13ClN2O3. The maximum absolute atomic E-state index is 12.0. The molecule has 0 aliphatic carbocycles. The van der Waals surface area contributed by atoms with Crippen LogP contribution in [0.5, 0.6) is 5.75 Å². The van der Waals surface area contributed by atoms with Gasteiger partial charge >= 0.3 is 0 Å². The lowest BCUT2D eigenvalue weighted by Gasteiger charge is -2.33. The van der Waals surface area contributed by atoms with Crippen molar-refractivity contribution in [2.75, 3.05) is 11.9 Å². The Labute approximate surface area is 109 Å². The molecule has 1 heterocycles. The van der Waals surface area contributed by atoms with E-state index in [0.717, 1.165) is 0 Å². The first-order chi connectivity index (χ1) is 8.47. The minimum absolute atomic E-state index is 0.424. The Hall–Kier alpha value is -1.75. The number of hydrogen-bond donors (Lipinski definition) is 2. The van der Waals surface area contributed by atoms with Crippen molar-refractivity contribution >= 4 is 29.1 Å². The van der Waals surface area contributed by atoms with Crippen LogP contribution in [0.2, 0.25) is 5.02 Å². The predicted molar refractivity (Wildman–Crippen MR) is 67.8 cm³/mol. The molecule has 1 unspecified atom stereocenters. The highest BCUT2D eigenvalue weighted by Gasteiger charge is 2.46. The smallest absolute Gasteiger partial charge is 0.278 e. The molecule has 96 valence electrons. The minimum atomic E-state index is -1.56. The maximum Gasteiger partial charge on any atom is 0.278 e. The fourth-order valence-corrected chi connectivity index (χ4v) is 1.85. The zero-order chi connectivity index (χ0) is 13.3. The van der Waals surface area contributed by atoms with Gasteiger partial charge in [0.2, 0.25) is 0 Å². The van der Waals surface area contributed by atoms with Crippen LogP contribution in [0, 0.1) is 0 Å². The normalized spacial score (nSPS) is 21.6. The van der Waals surface area contributed by atoms with Gasteiger partial charge in [0.15, 0.2) is 0 Å². The minimum Gasteiger partial charge on any atom is -0.466 e. The molecule has 0 radical (unpaired) electrons. The van der Waals surface area contributed by atoms with Gasteiger partial charge in [0.25, 0.3) is 17.4 Å². The van der Waals surface area contributed by atoms with Crippen molar-refractivity contribution in [3.63, 3.8) is 0 Å². The van der Waals surface area contributed by atoms with Gasteiger partial charge in [0, 0.05) is 11.6 Å². The molecule has 2 amide bonds. The first-order valence-electron chi connectivity index (χ1n) is 5.55. The van der Waals surface area contributed by atoms with Crippen molar-refractivity contribution in [2.45, 2.75) is 19.4 Å². The van der Waals surface area contributed by atoms with E-state index in [1.54, 1.807) is 25.1 Å². The Morgan fingerprint density at radius 1 is 1.56 bits per heavy atom. The molecule has 0 fully saturated rings. The van der Waals surface area contributed by atoms with Crippen molar-refractivity contribution < 1.29 is 14.3 Å². The molecule has 1 aromatic carbocycles. The second-order valence-electron chi connectivity index (χ2n) is 4.09. The molecular weight excluding hydrogens is 256 g/mol. The Morgan fingerprint density at radius 2 is 2.28 bits per heavy atom. The summed E-state index contributed by atoms with van der Waals surface area (Å²) >= 11 is 5.82. The van der Waals surface area contributed by atoms with Gasteiger partial charge in [0.1, 0.15) is 5.75 Å². The molecule has 5 nitrogen and oxygen atoms in total. The van der Waals surface area contributed by atoms with Gasteiger partial charge in [-0.1, -0.05) is 11.6 Å². The molecule has 0 bridgehead atoms. The third kappa shape index (κ3) is 2.01. The monoisotopic (exact) mass is 268 g/mol. The third-order valence-corrected chi connectivity index (χ3v) is 2.94. The lowest BCUT2D eigenvalue weighted by molar-refractivity contribution is -0.146.